The molecule has 35 heavy (non-hydrogen) atoms. The van der Waals surface area contributed by atoms with Gasteiger partial charge in [-0.3, -0.25) is 9.59 Å². The standard InChI is InChI=1S/C26H30N2O7/c1-3-8-21(24(30)27-22(25(31)32)13-14-23(29)34-2)28-26(33)35-15-20-18-11-6-4-9-16(18)17-10-5-7-12-19(17)20/h4-7,9-12,20-22H,3,8,13-15H2,1-2H3,(H,27,30)(H,28,33)(H,31,32)/t21-,22?/m0/s1. The van der Waals surface area contributed by atoms with E-state index in [1.165, 1.54) is 7.11 Å². The second kappa shape index (κ2) is 12.0. The summed E-state index contributed by atoms with van der Waals surface area (Å²) in [4.78, 5) is 48.2. The Morgan fingerprint density at radius 1 is 0.914 bits per heavy atom. The van der Waals surface area contributed by atoms with Crippen LogP contribution in [-0.4, -0.2) is 54.8 Å². The molecule has 3 N–H and O–H groups in total. The summed E-state index contributed by atoms with van der Waals surface area (Å²) in [6.07, 6.45) is -0.188. The molecule has 9 nitrogen and oxygen atoms in total. The minimum absolute atomic E-state index is 0.0944. The summed E-state index contributed by atoms with van der Waals surface area (Å²) in [6, 6.07) is 13.6. The zero-order valence-electron chi connectivity index (χ0n) is 19.8. The van der Waals surface area contributed by atoms with Gasteiger partial charge < -0.3 is 25.2 Å². The third kappa shape index (κ3) is 6.38. The Hall–Kier alpha value is -3.88. The third-order valence-electron chi connectivity index (χ3n) is 6.01. The van der Waals surface area contributed by atoms with Gasteiger partial charge in [-0.05, 0) is 35.1 Å². The largest absolute Gasteiger partial charge is 0.480 e. The number of carboxylic acid groups (broad SMARTS) is 1. The van der Waals surface area contributed by atoms with Crippen molar-refractivity contribution in [1.29, 1.82) is 0 Å². The number of methoxy groups -OCH3 is 1. The Morgan fingerprint density at radius 2 is 1.51 bits per heavy atom. The van der Waals surface area contributed by atoms with E-state index in [1.54, 1.807) is 0 Å². The first-order valence-corrected chi connectivity index (χ1v) is 11.6. The molecule has 0 saturated heterocycles. The first kappa shape index (κ1) is 25.7. The van der Waals surface area contributed by atoms with Crippen LogP contribution >= 0.6 is 0 Å². The minimum Gasteiger partial charge on any atom is -0.480 e. The van der Waals surface area contributed by atoms with E-state index in [2.05, 4.69) is 15.4 Å². The third-order valence-corrected chi connectivity index (χ3v) is 6.01. The topological polar surface area (TPSA) is 131 Å². The molecule has 2 aromatic carbocycles. The number of hydrogen-bond donors (Lipinski definition) is 3. The van der Waals surface area contributed by atoms with Gasteiger partial charge >= 0.3 is 18.0 Å². The highest BCUT2D eigenvalue weighted by Gasteiger charge is 2.30. The molecule has 0 bridgehead atoms. The first-order valence-electron chi connectivity index (χ1n) is 11.6. The molecule has 2 atom stereocenters. The summed E-state index contributed by atoms with van der Waals surface area (Å²) in [5, 5.41) is 14.3. The lowest BCUT2D eigenvalue weighted by molar-refractivity contribution is -0.144. The fraction of sp³-hybridized carbons (Fsp3) is 0.385. The van der Waals surface area contributed by atoms with E-state index in [0.717, 1.165) is 22.3 Å². The molecule has 0 aromatic heterocycles. The number of fused-ring (bicyclic) bond motifs is 3. The van der Waals surface area contributed by atoms with Crippen molar-refractivity contribution >= 4 is 23.9 Å². The highest BCUT2D eigenvalue weighted by atomic mass is 16.5. The SMILES string of the molecule is CCC[C@H](NC(=O)OCC1c2ccccc2-c2ccccc21)C(=O)NC(CCC(=O)OC)C(=O)O. The number of aliphatic carboxylic acids is 1. The monoisotopic (exact) mass is 482 g/mol. The van der Waals surface area contributed by atoms with E-state index in [-0.39, 0.29) is 25.4 Å². The lowest BCUT2D eigenvalue weighted by atomic mass is 9.98. The number of alkyl carbamates (subject to hydrolysis) is 1. The fourth-order valence-corrected chi connectivity index (χ4v) is 4.23. The highest BCUT2D eigenvalue weighted by Crippen LogP contribution is 2.44. The summed E-state index contributed by atoms with van der Waals surface area (Å²) in [5.41, 5.74) is 4.34. The van der Waals surface area contributed by atoms with E-state index < -0.39 is 36.0 Å². The van der Waals surface area contributed by atoms with Gasteiger partial charge in [-0.2, -0.15) is 0 Å². The van der Waals surface area contributed by atoms with E-state index in [0.29, 0.717) is 12.8 Å². The van der Waals surface area contributed by atoms with Gasteiger partial charge in [-0.1, -0.05) is 61.9 Å². The molecule has 186 valence electrons. The maximum atomic E-state index is 12.7. The van der Waals surface area contributed by atoms with Gasteiger partial charge in [-0.25, -0.2) is 9.59 Å². The number of carbonyl (C=O) groups excluding carboxylic acids is 3. The number of amides is 2. The summed E-state index contributed by atoms with van der Waals surface area (Å²) in [6.45, 7) is 1.93. The molecule has 3 rings (SSSR count). The Bertz CT molecular complexity index is 1040. The lowest BCUT2D eigenvalue weighted by Gasteiger charge is -2.21. The molecule has 0 aliphatic heterocycles. The smallest absolute Gasteiger partial charge is 0.407 e. The van der Waals surface area contributed by atoms with Crippen molar-refractivity contribution in [2.24, 2.45) is 0 Å². The van der Waals surface area contributed by atoms with Crippen LogP contribution in [0.1, 0.15) is 49.7 Å². The van der Waals surface area contributed by atoms with Crippen molar-refractivity contribution in [3.05, 3.63) is 59.7 Å². The lowest BCUT2D eigenvalue weighted by Crippen LogP contribution is -2.51. The molecule has 0 heterocycles. The van der Waals surface area contributed by atoms with Crippen molar-refractivity contribution < 1.29 is 33.8 Å². The molecule has 0 radical (unpaired) electrons. The molecule has 9 heteroatoms. The van der Waals surface area contributed by atoms with Crippen LogP contribution in [0, 0.1) is 0 Å². The van der Waals surface area contributed by atoms with E-state index in [9.17, 15) is 24.3 Å². The van der Waals surface area contributed by atoms with Crippen molar-refractivity contribution in [3.63, 3.8) is 0 Å². The number of benzene rings is 2. The van der Waals surface area contributed by atoms with Crippen LogP contribution in [0.5, 0.6) is 0 Å². The number of nitrogens with one attached hydrogen (secondary N) is 2. The van der Waals surface area contributed by atoms with Gasteiger partial charge in [0.1, 0.15) is 18.7 Å². The van der Waals surface area contributed by atoms with Gasteiger partial charge in [0, 0.05) is 12.3 Å². The van der Waals surface area contributed by atoms with Crippen molar-refractivity contribution in [2.45, 2.75) is 50.6 Å². The number of ether oxygens (including phenoxy) is 2. The van der Waals surface area contributed by atoms with Crippen LogP contribution in [-0.2, 0) is 23.9 Å². The average molecular weight is 483 g/mol. The van der Waals surface area contributed by atoms with Crippen LogP contribution in [0.3, 0.4) is 0 Å². The highest BCUT2D eigenvalue weighted by molar-refractivity contribution is 5.89. The number of hydrogen-bond acceptors (Lipinski definition) is 6. The van der Waals surface area contributed by atoms with Gasteiger partial charge in [0.05, 0.1) is 7.11 Å². The summed E-state index contributed by atoms with van der Waals surface area (Å²) >= 11 is 0. The number of carbonyl (C=O) groups is 4. The van der Waals surface area contributed by atoms with Crippen molar-refractivity contribution in [2.75, 3.05) is 13.7 Å². The number of esters is 1. The molecule has 1 aliphatic rings. The number of rotatable bonds is 11. The molecule has 0 saturated carbocycles. The summed E-state index contributed by atoms with van der Waals surface area (Å²) < 4.78 is 10.0. The molecular weight excluding hydrogens is 452 g/mol. The van der Waals surface area contributed by atoms with Gasteiger partial charge in [-0.15, -0.1) is 0 Å². The van der Waals surface area contributed by atoms with Crippen LogP contribution in [0.2, 0.25) is 0 Å². The quantitative estimate of drug-likeness (QED) is 0.419. The molecule has 0 fully saturated rings. The zero-order valence-corrected chi connectivity index (χ0v) is 19.8. The molecule has 0 spiro atoms. The maximum Gasteiger partial charge on any atom is 0.407 e. The van der Waals surface area contributed by atoms with Crippen LogP contribution in [0.4, 0.5) is 4.79 Å². The van der Waals surface area contributed by atoms with Gasteiger partial charge in [0.2, 0.25) is 5.91 Å². The summed E-state index contributed by atoms with van der Waals surface area (Å²) in [7, 11) is 1.20. The maximum absolute atomic E-state index is 12.7. The molecular formula is C26H30N2O7. The van der Waals surface area contributed by atoms with Crippen LogP contribution < -0.4 is 10.6 Å². The predicted octanol–water partition coefficient (Wildman–Crippen LogP) is 3.22. The fourth-order valence-electron chi connectivity index (χ4n) is 4.23. The summed E-state index contributed by atoms with van der Waals surface area (Å²) in [5.74, 6) is -2.63. The Kier molecular flexibility index (Phi) is 8.83. The molecule has 2 amide bonds. The second-order valence-electron chi connectivity index (χ2n) is 8.33. The second-order valence-corrected chi connectivity index (χ2v) is 8.33. The Balaban J connectivity index is 1.61. The van der Waals surface area contributed by atoms with Gasteiger partial charge in [0.25, 0.3) is 0 Å². The minimum atomic E-state index is -1.29. The molecule has 1 aliphatic carbocycles. The average Bonchev–Trinajstić information content (AvgIpc) is 3.18. The normalized spacial score (nSPS) is 13.7. The number of carboxylic acids is 1. The van der Waals surface area contributed by atoms with Crippen molar-refractivity contribution in [1.82, 2.24) is 10.6 Å². The van der Waals surface area contributed by atoms with Gasteiger partial charge in [0.15, 0.2) is 0 Å². The van der Waals surface area contributed by atoms with E-state index in [1.807, 2.05) is 55.5 Å². The van der Waals surface area contributed by atoms with Crippen LogP contribution in [0.15, 0.2) is 48.5 Å². The Labute approximate surface area is 203 Å². The van der Waals surface area contributed by atoms with Crippen LogP contribution in [0.25, 0.3) is 11.1 Å². The van der Waals surface area contributed by atoms with E-state index in [4.69, 9.17) is 4.74 Å². The van der Waals surface area contributed by atoms with Crippen molar-refractivity contribution in [3.8, 4) is 11.1 Å². The zero-order chi connectivity index (χ0) is 25.4. The van der Waals surface area contributed by atoms with E-state index >= 15 is 0 Å². The predicted molar refractivity (Wildman–Crippen MR) is 128 cm³/mol. The first-order chi connectivity index (χ1) is 16.8. The molecule has 2 aromatic rings. The molecule has 1 unspecified atom stereocenters. The Morgan fingerprint density at radius 3 is 2.06 bits per heavy atom.